The third-order valence-corrected chi connectivity index (χ3v) is 6.22. The number of halogens is 1. The molecule has 4 aromatic rings. The van der Waals surface area contributed by atoms with Gasteiger partial charge in [-0.3, -0.25) is 9.36 Å². The van der Waals surface area contributed by atoms with Crippen molar-refractivity contribution in [3.63, 3.8) is 0 Å². The van der Waals surface area contributed by atoms with E-state index in [1.54, 1.807) is 16.7 Å². The van der Waals surface area contributed by atoms with Crippen molar-refractivity contribution in [1.29, 1.82) is 0 Å². The minimum Gasteiger partial charge on any atom is -0.298 e. The lowest BCUT2D eigenvalue weighted by atomic mass is 10.0. The first-order chi connectivity index (χ1) is 16.1. The summed E-state index contributed by atoms with van der Waals surface area (Å²) in [5, 5.41) is 5.14. The fourth-order valence-corrected chi connectivity index (χ4v) is 4.13. The van der Waals surface area contributed by atoms with Crippen molar-refractivity contribution < 1.29 is 4.79 Å². The zero-order valence-electron chi connectivity index (χ0n) is 18.2. The molecule has 0 saturated heterocycles. The summed E-state index contributed by atoms with van der Waals surface area (Å²) in [6, 6.07) is 25.9. The van der Waals surface area contributed by atoms with Crippen LogP contribution in [0.25, 0.3) is 22.5 Å². The maximum absolute atomic E-state index is 13.0. The third kappa shape index (κ3) is 4.83. The van der Waals surface area contributed by atoms with E-state index in [4.69, 9.17) is 11.6 Å². The number of rotatable bonds is 8. The number of Topliss-reactive ketones (excluding diaryl/α,β-unsaturated/α-hetero) is 1. The first-order valence-corrected chi connectivity index (χ1v) is 11.6. The molecule has 166 valence electrons. The Bertz CT molecular complexity index is 1320. The van der Waals surface area contributed by atoms with Gasteiger partial charge in [-0.1, -0.05) is 66.2 Å². The van der Waals surface area contributed by atoms with Gasteiger partial charge in [-0.15, -0.1) is 5.10 Å². The van der Waals surface area contributed by atoms with Crippen molar-refractivity contribution in [2.45, 2.75) is 38.3 Å². The van der Waals surface area contributed by atoms with E-state index in [0.717, 1.165) is 29.5 Å². The van der Waals surface area contributed by atoms with E-state index >= 15 is 0 Å². The molecule has 1 saturated carbocycles. The van der Waals surface area contributed by atoms with Crippen molar-refractivity contribution in [2.75, 3.05) is 0 Å². The number of hydrogen-bond acceptors (Lipinski definition) is 3. The lowest BCUT2D eigenvalue weighted by Crippen LogP contribution is -2.27. The molecule has 5 nitrogen and oxygen atoms in total. The second-order valence-corrected chi connectivity index (χ2v) is 8.91. The fraction of sp³-hybridized carbons (Fsp3) is 0.222. The minimum atomic E-state index is -0.219. The zero-order valence-corrected chi connectivity index (χ0v) is 18.9. The van der Waals surface area contributed by atoms with Crippen molar-refractivity contribution in [3.8, 4) is 22.5 Å². The number of hydrogen-bond donors (Lipinski definition) is 0. The topological polar surface area (TPSA) is 56.9 Å². The maximum atomic E-state index is 13.0. The molecule has 0 spiro atoms. The van der Waals surface area contributed by atoms with Gasteiger partial charge in [-0.25, -0.2) is 9.48 Å². The Hall–Kier alpha value is -3.44. The standard InChI is InChI=1S/C27H24ClN3O2/c28-23-13-11-22(12-14-23)26-29-30(27(33)31(26)24-15-16-24)18-25(32)17-8-19-6-9-21(10-7-19)20-4-2-1-3-5-20/h1-7,9-14,24H,8,15-18H2. The van der Waals surface area contributed by atoms with Crippen LogP contribution in [0, 0.1) is 0 Å². The molecule has 5 rings (SSSR count). The van der Waals surface area contributed by atoms with E-state index in [1.807, 2.05) is 30.3 Å². The molecule has 3 aromatic carbocycles. The van der Waals surface area contributed by atoms with Crippen LogP contribution in [0.2, 0.25) is 5.02 Å². The molecule has 0 unspecified atom stereocenters. The van der Waals surface area contributed by atoms with E-state index in [-0.39, 0.29) is 24.1 Å². The molecule has 0 aliphatic heterocycles. The summed E-state index contributed by atoms with van der Waals surface area (Å²) in [5.41, 5.74) is 4.02. The summed E-state index contributed by atoms with van der Waals surface area (Å²) in [6.45, 7) is -0.0127. The van der Waals surface area contributed by atoms with Crippen molar-refractivity contribution >= 4 is 17.4 Å². The maximum Gasteiger partial charge on any atom is 0.346 e. The van der Waals surface area contributed by atoms with Crippen LogP contribution in [0.5, 0.6) is 0 Å². The first kappa shape index (κ1) is 21.4. The number of carbonyl (C=O) groups is 1. The van der Waals surface area contributed by atoms with Crippen LogP contribution in [0.3, 0.4) is 0 Å². The predicted octanol–water partition coefficient (Wildman–Crippen LogP) is 5.57. The molecule has 33 heavy (non-hydrogen) atoms. The molecule has 1 aliphatic carbocycles. The van der Waals surface area contributed by atoms with Crippen LogP contribution in [0.1, 0.15) is 30.9 Å². The molecule has 6 heteroatoms. The summed E-state index contributed by atoms with van der Waals surface area (Å²) in [6.07, 6.45) is 2.91. The highest BCUT2D eigenvalue weighted by Gasteiger charge is 2.30. The van der Waals surface area contributed by atoms with Gasteiger partial charge in [0.15, 0.2) is 11.6 Å². The van der Waals surface area contributed by atoms with Gasteiger partial charge in [0, 0.05) is 23.0 Å². The lowest BCUT2D eigenvalue weighted by Gasteiger charge is -2.05. The Labute approximate surface area is 197 Å². The second kappa shape index (κ2) is 9.20. The van der Waals surface area contributed by atoms with Gasteiger partial charge < -0.3 is 0 Å². The molecular weight excluding hydrogens is 434 g/mol. The Morgan fingerprint density at radius 3 is 2.18 bits per heavy atom. The van der Waals surface area contributed by atoms with Crippen molar-refractivity contribution in [2.24, 2.45) is 0 Å². The monoisotopic (exact) mass is 457 g/mol. The molecular formula is C27H24ClN3O2. The Kier molecular flexibility index (Phi) is 5.97. The van der Waals surface area contributed by atoms with Crippen LogP contribution in [-0.2, 0) is 17.8 Å². The molecule has 0 N–H and O–H groups in total. The Morgan fingerprint density at radius 1 is 0.879 bits per heavy atom. The van der Waals surface area contributed by atoms with Crippen LogP contribution in [0.15, 0.2) is 83.7 Å². The zero-order chi connectivity index (χ0) is 22.8. The first-order valence-electron chi connectivity index (χ1n) is 11.2. The van der Waals surface area contributed by atoms with Gasteiger partial charge in [0.05, 0.1) is 0 Å². The van der Waals surface area contributed by atoms with Gasteiger partial charge >= 0.3 is 5.69 Å². The number of nitrogens with zero attached hydrogens (tertiary/aromatic N) is 3. The van der Waals surface area contributed by atoms with Gasteiger partial charge in [-0.2, -0.15) is 0 Å². The number of aromatic nitrogens is 3. The summed E-state index contributed by atoms with van der Waals surface area (Å²) in [7, 11) is 0. The van der Waals surface area contributed by atoms with Crippen molar-refractivity contribution in [3.05, 3.63) is 99.9 Å². The largest absolute Gasteiger partial charge is 0.346 e. The van der Waals surface area contributed by atoms with E-state index in [1.165, 1.54) is 10.2 Å². The van der Waals surface area contributed by atoms with E-state index < -0.39 is 0 Å². The van der Waals surface area contributed by atoms with Gasteiger partial charge in [-0.05, 0) is 60.2 Å². The minimum absolute atomic E-state index is 0.00709. The Balaban J connectivity index is 1.27. The number of ketones is 1. The number of benzene rings is 3. The van der Waals surface area contributed by atoms with Gasteiger partial charge in [0.2, 0.25) is 0 Å². The summed E-state index contributed by atoms with van der Waals surface area (Å²) >= 11 is 6.01. The van der Waals surface area contributed by atoms with E-state index in [0.29, 0.717) is 23.7 Å². The van der Waals surface area contributed by atoms with E-state index in [9.17, 15) is 9.59 Å². The highest BCUT2D eigenvalue weighted by molar-refractivity contribution is 6.30. The lowest BCUT2D eigenvalue weighted by molar-refractivity contribution is -0.119. The van der Waals surface area contributed by atoms with Gasteiger partial charge in [0.25, 0.3) is 0 Å². The normalized spacial score (nSPS) is 13.2. The number of carbonyl (C=O) groups excluding carboxylic acids is 1. The van der Waals surface area contributed by atoms with Gasteiger partial charge in [0.1, 0.15) is 6.54 Å². The molecule has 1 fully saturated rings. The highest BCUT2D eigenvalue weighted by Crippen LogP contribution is 2.36. The van der Waals surface area contributed by atoms with Crippen LogP contribution in [-0.4, -0.2) is 20.1 Å². The highest BCUT2D eigenvalue weighted by atomic mass is 35.5. The molecule has 1 aliphatic rings. The average molecular weight is 458 g/mol. The summed E-state index contributed by atoms with van der Waals surface area (Å²) in [5.74, 6) is 0.593. The Morgan fingerprint density at radius 2 is 1.52 bits per heavy atom. The average Bonchev–Trinajstić information content (AvgIpc) is 3.63. The van der Waals surface area contributed by atoms with Crippen LogP contribution >= 0.6 is 11.6 Å². The second-order valence-electron chi connectivity index (χ2n) is 8.47. The van der Waals surface area contributed by atoms with Crippen LogP contribution in [0.4, 0.5) is 0 Å². The summed E-state index contributed by atoms with van der Waals surface area (Å²) in [4.78, 5) is 25.7. The smallest absolute Gasteiger partial charge is 0.298 e. The summed E-state index contributed by atoms with van der Waals surface area (Å²) < 4.78 is 3.03. The molecule has 0 radical (unpaired) electrons. The quantitative estimate of drug-likeness (QED) is 0.347. The van der Waals surface area contributed by atoms with Crippen molar-refractivity contribution in [1.82, 2.24) is 14.3 Å². The molecule has 0 atom stereocenters. The third-order valence-electron chi connectivity index (χ3n) is 5.96. The predicted molar refractivity (Wildman–Crippen MR) is 130 cm³/mol. The molecule has 0 bridgehead atoms. The molecule has 1 heterocycles. The molecule has 1 aromatic heterocycles. The number of aryl methyl sites for hydroxylation is 1. The van der Waals surface area contributed by atoms with Crippen LogP contribution < -0.4 is 5.69 Å². The van der Waals surface area contributed by atoms with E-state index in [2.05, 4.69) is 41.5 Å². The SMILES string of the molecule is O=C(CCc1ccc(-c2ccccc2)cc1)Cn1nc(-c2ccc(Cl)cc2)n(C2CC2)c1=O. The molecule has 0 amide bonds. The fourth-order valence-electron chi connectivity index (χ4n) is 4.01.